The molecule has 2 aromatic rings. The maximum atomic E-state index is 9.94. The Balaban J connectivity index is 1.96. The van der Waals surface area contributed by atoms with Gasteiger partial charge in [-0.15, -0.1) is 0 Å². The van der Waals surface area contributed by atoms with Crippen molar-refractivity contribution >= 4 is 0 Å². The predicted octanol–water partition coefficient (Wildman–Crippen LogP) is 3.15. The van der Waals surface area contributed by atoms with Gasteiger partial charge in [-0.05, 0) is 30.2 Å². The number of aromatic nitrogens is 1. The highest BCUT2D eigenvalue weighted by Gasteiger charge is 2.10. The Hall–Kier alpha value is -1.87. The second kappa shape index (κ2) is 6.90. The van der Waals surface area contributed by atoms with Crippen molar-refractivity contribution in [1.29, 1.82) is 0 Å². The second-order valence-electron chi connectivity index (χ2n) is 4.42. The van der Waals surface area contributed by atoms with E-state index >= 15 is 0 Å². The molecule has 0 aliphatic heterocycles. The van der Waals surface area contributed by atoms with Crippen LogP contribution in [0.15, 0.2) is 48.8 Å². The molecule has 19 heavy (non-hydrogen) atoms. The molecule has 100 valence electrons. The van der Waals surface area contributed by atoms with Gasteiger partial charge in [0, 0.05) is 24.4 Å². The Morgan fingerprint density at radius 3 is 2.63 bits per heavy atom. The molecule has 1 aromatic heterocycles. The van der Waals surface area contributed by atoms with Crippen LogP contribution in [0.4, 0.5) is 0 Å². The number of nitrogens with zero attached hydrogens (tertiary/aromatic N) is 1. The van der Waals surface area contributed by atoms with Gasteiger partial charge in [0.1, 0.15) is 5.75 Å². The van der Waals surface area contributed by atoms with Crippen LogP contribution in [0, 0.1) is 0 Å². The van der Waals surface area contributed by atoms with Crippen LogP contribution >= 0.6 is 0 Å². The van der Waals surface area contributed by atoms with Gasteiger partial charge in [-0.2, -0.15) is 0 Å². The number of hydrogen-bond donors (Lipinski definition) is 1. The first kappa shape index (κ1) is 13.6. The lowest BCUT2D eigenvalue weighted by atomic mass is 10.1. The molecule has 3 heteroatoms. The van der Waals surface area contributed by atoms with Gasteiger partial charge in [0.25, 0.3) is 0 Å². The molecule has 0 spiro atoms. The zero-order chi connectivity index (χ0) is 13.5. The van der Waals surface area contributed by atoms with Crippen molar-refractivity contribution in [2.24, 2.45) is 0 Å². The van der Waals surface area contributed by atoms with Crippen LogP contribution in [0.1, 0.15) is 30.6 Å². The van der Waals surface area contributed by atoms with Crippen LogP contribution in [0.2, 0.25) is 0 Å². The standard InChI is InChI=1S/C16H19NO2/c1-2-15(18)14-5-3-4-6-16(14)19-12-9-13-7-10-17-11-8-13/h3-8,10-11,15,18H,2,9,12H2,1H3. The summed E-state index contributed by atoms with van der Waals surface area (Å²) in [7, 11) is 0. The quantitative estimate of drug-likeness (QED) is 0.864. The summed E-state index contributed by atoms with van der Waals surface area (Å²) in [6.07, 6.45) is 4.62. The largest absolute Gasteiger partial charge is 0.493 e. The SMILES string of the molecule is CCC(O)c1ccccc1OCCc1ccncc1. The Kier molecular flexibility index (Phi) is 4.93. The van der Waals surface area contributed by atoms with E-state index in [1.54, 1.807) is 12.4 Å². The topological polar surface area (TPSA) is 42.4 Å². The number of ether oxygens (including phenoxy) is 1. The average molecular weight is 257 g/mol. The summed E-state index contributed by atoms with van der Waals surface area (Å²) in [4.78, 5) is 3.99. The molecule has 0 saturated carbocycles. The van der Waals surface area contributed by atoms with Crippen molar-refractivity contribution in [2.45, 2.75) is 25.9 Å². The van der Waals surface area contributed by atoms with Crippen molar-refractivity contribution in [1.82, 2.24) is 4.98 Å². The fourth-order valence-electron chi connectivity index (χ4n) is 1.94. The van der Waals surface area contributed by atoms with E-state index in [9.17, 15) is 5.11 Å². The molecule has 1 N–H and O–H groups in total. The van der Waals surface area contributed by atoms with Gasteiger partial charge in [-0.1, -0.05) is 25.1 Å². The molecule has 1 aromatic carbocycles. The average Bonchev–Trinajstić information content (AvgIpc) is 2.48. The zero-order valence-electron chi connectivity index (χ0n) is 11.1. The van der Waals surface area contributed by atoms with Crippen molar-refractivity contribution in [3.05, 3.63) is 59.9 Å². The molecular formula is C16H19NO2. The molecule has 1 unspecified atom stereocenters. The fraction of sp³-hybridized carbons (Fsp3) is 0.312. The number of para-hydroxylation sites is 1. The summed E-state index contributed by atoms with van der Waals surface area (Å²) in [6, 6.07) is 11.6. The smallest absolute Gasteiger partial charge is 0.125 e. The van der Waals surface area contributed by atoms with Crippen LogP contribution in [0.3, 0.4) is 0 Å². The van der Waals surface area contributed by atoms with Crippen molar-refractivity contribution in [2.75, 3.05) is 6.61 Å². The van der Waals surface area contributed by atoms with Crippen LogP contribution in [-0.4, -0.2) is 16.7 Å². The predicted molar refractivity (Wildman–Crippen MR) is 75.1 cm³/mol. The molecule has 3 nitrogen and oxygen atoms in total. The summed E-state index contributed by atoms with van der Waals surface area (Å²) < 4.78 is 5.78. The Bertz CT molecular complexity index is 499. The lowest BCUT2D eigenvalue weighted by Crippen LogP contribution is -2.05. The Morgan fingerprint density at radius 1 is 1.16 bits per heavy atom. The fourth-order valence-corrected chi connectivity index (χ4v) is 1.94. The Labute approximate surface area is 113 Å². The van der Waals surface area contributed by atoms with Crippen molar-refractivity contribution in [3.63, 3.8) is 0 Å². The van der Waals surface area contributed by atoms with E-state index in [4.69, 9.17) is 4.74 Å². The van der Waals surface area contributed by atoms with Gasteiger partial charge in [0.15, 0.2) is 0 Å². The summed E-state index contributed by atoms with van der Waals surface area (Å²) in [5.41, 5.74) is 2.06. The van der Waals surface area contributed by atoms with Crippen LogP contribution in [-0.2, 0) is 6.42 Å². The number of pyridine rings is 1. The monoisotopic (exact) mass is 257 g/mol. The van der Waals surface area contributed by atoms with Crippen LogP contribution in [0.25, 0.3) is 0 Å². The summed E-state index contributed by atoms with van der Waals surface area (Å²) in [6.45, 7) is 2.55. The van der Waals surface area contributed by atoms with E-state index in [2.05, 4.69) is 4.98 Å². The number of hydrogen-bond acceptors (Lipinski definition) is 3. The minimum absolute atomic E-state index is 0.461. The first-order valence-electron chi connectivity index (χ1n) is 6.60. The lowest BCUT2D eigenvalue weighted by molar-refractivity contribution is 0.167. The number of aliphatic hydroxyl groups is 1. The van der Waals surface area contributed by atoms with E-state index in [0.29, 0.717) is 13.0 Å². The lowest BCUT2D eigenvalue weighted by Gasteiger charge is -2.14. The molecule has 0 saturated heterocycles. The summed E-state index contributed by atoms with van der Waals surface area (Å²) in [5, 5.41) is 9.94. The van der Waals surface area contributed by atoms with Gasteiger partial charge < -0.3 is 9.84 Å². The molecule has 1 heterocycles. The third-order valence-electron chi connectivity index (χ3n) is 3.06. The molecule has 2 rings (SSSR count). The third kappa shape index (κ3) is 3.80. The normalized spacial score (nSPS) is 12.1. The maximum Gasteiger partial charge on any atom is 0.125 e. The van der Waals surface area contributed by atoms with Crippen molar-refractivity contribution < 1.29 is 9.84 Å². The van der Waals surface area contributed by atoms with E-state index in [-0.39, 0.29) is 0 Å². The zero-order valence-corrected chi connectivity index (χ0v) is 11.1. The van der Waals surface area contributed by atoms with E-state index in [1.807, 2.05) is 43.3 Å². The van der Waals surface area contributed by atoms with Crippen molar-refractivity contribution in [3.8, 4) is 5.75 Å². The molecular weight excluding hydrogens is 238 g/mol. The molecule has 0 aliphatic rings. The summed E-state index contributed by atoms with van der Waals surface area (Å²) in [5.74, 6) is 0.769. The van der Waals surface area contributed by atoms with E-state index in [0.717, 1.165) is 17.7 Å². The first-order valence-corrected chi connectivity index (χ1v) is 6.60. The van der Waals surface area contributed by atoms with Crippen LogP contribution in [0.5, 0.6) is 5.75 Å². The highest BCUT2D eigenvalue weighted by atomic mass is 16.5. The number of rotatable bonds is 6. The first-order chi connectivity index (χ1) is 9.31. The highest BCUT2D eigenvalue weighted by molar-refractivity contribution is 5.35. The van der Waals surface area contributed by atoms with Gasteiger partial charge >= 0.3 is 0 Å². The minimum atomic E-state index is -0.461. The number of benzene rings is 1. The molecule has 0 radical (unpaired) electrons. The summed E-state index contributed by atoms with van der Waals surface area (Å²) >= 11 is 0. The van der Waals surface area contributed by atoms with Gasteiger partial charge in [-0.3, -0.25) is 4.98 Å². The molecule has 0 bridgehead atoms. The van der Waals surface area contributed by atoms with E-state index in [1.165, 1.54) is 5.56 Å². The Morgan fingerprint density at radius 2 is 1.89 bits per heavy atom. The van der Waals surface area contributed by atoms with Gasteiger partial charge in [-0.25, -0.2) is 0 Å². The third-order valence-corrected chi connectivity index (χ3v) is 3.06. The van der Waals surface area contributed by atoms with Gasteiger partial charge in [0.2, 0.25) is 0 Å². The maximum absolute atomic E-state index is 9.94. The van der Waals surface area contributed by atoms with Gasteiger partial charge in [0.05, 0.1) is 12.7 Å². The molecule has 0 aliphatic carbocycles. The number of aliphatic hydroxyl groups excluding tert-OH is 1. The highest BCUT2D eigenvalue weighted by Crippen LogP contribution is 2.26. The molecule has 1 atom stereocenters. The second-order valence-corrected chi connectivity index (χ2v) is 4.42. The minimum Gasteiger partial charge on any atom is -0.493 e. The molecule has 0 amide bonds. The van der Waals surface area contributed by atoms with E-state index < -0.39 is 6.10 Å². The van der Waals surface area contributed by atoms with Crippen LogP contribution < -0.4 is 4.74 Å². The molecule has 0 fully saturated rings.